The first-order valence-electron chi connectivity index (χ1n) is 8.24. The van der Waals surface area contributed by atoms with Crippen LogP contribution in [-0.4, -0.2) is 5.78 Å². The van der Waals surface area contributed by atoms with Crippen molar-refractivity contribution in [2.45, 2.75) is 38.5 Å². The highest BCUT2D eigenvalue weighted by molar-refractivity contribution is 5.97. The fourth-order valence-corrected chi connectivity index (χ4v) is 3.06. The molecule has 0 atom stereocenters. The van der Waals surface area contributed by atoms with Crippen LogP contribution in [-0.2, 0) is 15.6 Å². The molecule has 3 heteroatoms. The molecule has 0 spiro atoms. The maximum Gasteiger partial charge on any atom is 0.152 e. The van der Waals surface area contributed by atoms with E-state index in [2.05, 4.69) is 12.2 Å². The summed E-state index contributed by atoms with van der Waals surface area (Å²) < 4.78 is 10.0. The second kappa shape index (κ2) is 7.38. The van der Waals surface area contributed by atoms with Gasteiger partial charge in [-0.05, 0) is 63.1 Å². The Hall–Kier alpha value is -3.17. The second-order valence-corrected chi connectivity index (χ2v) is 7.07. The van der Waals surface area contributed by atoms with Crippen LogP contribution in [0.3, 0.4) is 0 Å². The minimum atomic E-state index is -0.688. The maximum absolute atomic E-state index is 13.4. The number of Topliss-reactive ketones (excluding diaryl/α,β-unsaturated/α-hetero) is 1. The van der Waals surface area contributed by atoms with E-state index >= 15 is 0 Å². The van der Waals surface area contributed by atoms with Crippen molar-refractivity contribution in [3.05, 3.63) is 59.7 Å². The molecule has 2 aromatic carbocycles. The lowest BCUT2D eigenvalue weighted by Crippen LogP contribution is -2.42. The van der Waals surface area contributed by atoms with E-state index < -0.39 is 10.8 Å². The van der Waals surface area contributed by atoms with Gasteiger partial charge in [0.15, 0.2) is 5.78 Å². The SMILES string of the molecule is C#COc1ccc(C(C)(C)C(=O)C(C)(C)c2ccc(OC#C)cc2)cc1. The predicted octanol–water partition coefficient (Wildman–Crippen LogP) is 4.45. The third-order valence-corrected chi connectivity index (χ3v) is 4.64. The molecule has 0 N–H and O–H groups in total. The quantitative estimate of drug-likeness (QED) is 0.725. The van der Waals surface area contributed by atoms with Gasteiger partial charge < -0.3 is 9.47 Å². The zero-order valence-electron chi connectivity index (χ0n) is 15.5. The Balaban J connectivity index is 2.31. The Morgan fingerprint density at radius 3 is 1.31 bits per heavy atom. The Kier molecular flexibility index (Phi) is 5.44. The number of carbonyl (C=O) groups excluding carboxylic acids is 1. The fraction of sp³-hybridized carbons (Fsp3) is 0.261. The van der Waals surface area contributed by atoms with E-state index in [1.54, 1.807) is 24.3 Å². The number of hydrogen-bond acceptors (Lipinski definition) is 3. The first-order valence-corrected chi connectivity index (χ1v) is 8.24. The molecule has 0 aliphatic heterocycles. The number of carbonyl (C=O) groups is 1. The van der Waals surface area contributed by atoms with Gasteiger partial charge in [0.1, 0.15) is 23.7 Å². The van der Waals surface area contributed by atoms with Crippen LogP contribution < -0.4 is 9.47 Å². The summed E-state index contributed by atoms with van der Waals surface area (Å²) in [5.74, 6) is 1.24. The summed E-state index contributed by atoms with van der Waals surface area (Å²) in [5, 5.41) is 0. The van der Waals surface area contributed by atoms with Crippen molar-refractivity contribution < 1.29 is 14.3 Å². The largest absolute Gasteiger partial charge is 0.408 e. The van der Waals surface area contributed by atoms with Gasteiger partial charge in [0.25, 0.3) is 0 Å². The first kappa shape index (κ1) is 19.2. The fourth-order valence-electron chi connectivity index (χ4n) is 3.06. The molecule has 0 saturated carbocycles. The average Bonchev–Trinajstić information content (AvgIpc) is 2.62. The molecule has 26 heavy (non-hydrogen) atoms. The molecule has 0 amide bonds. The van der Waals surface area contributed by atoms with Crippen LogP contribution >= 0.6 is 0 Å². The molecule has 0 aliphatic rings. The molecular formula is C23H22O3. The van der Waals surface area contributed by atoms with Gasteiger partial charge in [-0.25, -0.2) is 0 Å². The first-order chi connectivity index (χ1) is 12.2. The molecule has 2 aromatic rings. The molecule has 0 radical (unpaired) electrons. The Bertz CT molecular complexity index is 784. The molecule has 0 fully saturated rings. The molecule has 0 aromatic heterocycles. The third kappa shape index (κ3) is 3.73. The molecule has 132 valence electrons. The van der Waals surface area contributed by atoms with Gasteiger partial charge in [0, 0.05) is 10.8 Å². The van der Waals surface area contributed by atoms with Gasteiger partial charge >= 0.3 is 0 Å². The highest BCUT2D eigenvalue weighted by atomic mass is 16.5. The Morgan fingerprint density at radius 2 is 1.04 bits per heavy atom. The summed E-state index contributed by atoms with van der Waals surface area (Å²) in [5.41, 5.74) is 0.415. The van der Waals surface area contributed by atoms with E-state index in [1.807, 2.05) is 52.0 Å². The van der Waals surface area contributed by atoms with Crippen LogP contribution in [0.5, 0.6) is 11.5 Å². The molecular weight excluding hydrogens is 324 g/mol. The van der Waals surface area contributed by atoms with Gasteiger partial charge in [-0.15, -0.1) is 0 Å². The van der Waals surface area contributed by atoms with Crippen molar-refractivity contribution in [1.82, 2.24) is 0 Å². The lowest BCUT2D eigenvalue weighted by Gasteiger charge is -2.34. The molecule has 2 rings (SSSR count). The molecule has 0 heterocycles. The van der Waals surface area contributed by atoms with Gasteiger partial charge in [-0.2, -0.15) is 0 Å². The van der Waals surface area contributed by atoms with Crippen LogP contribution in [0.2, 0.25) is 0 Å². The summed E-state index contributed by atoms with van der Waals surface area (Å²) in [7, 11) is 0. The van der Waals surface area contributed by atoms with E-state index in [9.17, 15) is 4.79 Å². The average molecular weight is 346 g/mol. The summed E-state index contributed by atoms with van der Waals surface area (Å²) in [6.45, 7) is 7.68. The van der Waals surface area contributed by atoms with Crippen LogP contribution in [0.15, 0.2) is 48.5 Å². The summed E-state index contributed by atoms with van der Waals surface area (Å²) in [6.07, 6.45) is 14.5. The minimum Gasteiger partial charge on any atom is -0.408 e. The van der Waals surface area contributed by atoms with Crippen molar-refractivity contribution in [2.75, 3.05) is 0 Å². The van der Waals surface area contributed by atoms with Crippen molar-refractivity contribution in [2.24, 2.45) is 0 Å². The normalized spacial score (nSPS) is 11.2. The summed E-state index contributed by atoms with van der Waals surface area (Å²) in [6, 6.07) is 14.5. The number of benzene rings is 2. The van der Waals surface area contributed by atoms with E-state index in [0.29, 0.717) is 11.5 Å². The number of terminal acetylenes is 2. The van der Waals surface area contributed by atoms with Crippen molar-refractivity contribution in [3.8, 4) is 36.6 Å². The van der Waals surface area contributed by atoms with E-state index in [0.717, 1.165) is 11.1 Å². The number of rotatable bonds is 6. The monoisotopic (exact) mass is 346 g/mol. The van der Waals surface area contributed by atoms with Crippen LogP contribution in [0.25, 0.3) is 0 Å². The minimum absolute atomic E-state index is 0.0984. The highest BCUT2D eigenvalue weighted by Gasteiger charge is 2.41. The number of ether oxygens (including phenoxy) is 2. The van der Waals surface area contributed by atoms with Crippen LogP contribution in [0, 0.1) is 25.1 Å². The number of ketones is 1. The topological polar surface area (TPSA) is 35.5 Å². The van der Waals surface area contributed by atoms with Gasteiger partial charge in [-0.1, -0.05) is 37.1 Å². The van der Waals surface area contributed by atoms with Crippen molar-refractivity contribution >= 4 is 5.78 Å². The van der Waals surface area contributed by atoms with E-state index in [4.69, 9.17) is 22.3 Å². The lowest BCUT2D eigenvalue weighted by molar-refractivity contribution is -0.128. The van der Waals surface area contributed by atoms with Gasteiger partial charge in [-0.3, -0.25) is 4.79 Å². The lowest BCUT2D eigenvalue weighted by atomic mass is 9.67. The molecule has 0 bridgehead atoms. The molecule has 0 saturated heterocycles. The second-order valence-electron chi connectivity index (χ2n) is 7.07. The number of hydrogen-bond donors (Lipinski definition) is 0. The highest BCUT2D eigenvalue weighted by Crippen LogP contribution is 2.36. The zero-order valence-corrected chi connectivity index (χ0v) is 15.5. The molecule has 3 nitrogen and oxygen atoms in total. The van der Waals surface area contributed by atoms with Gasteiger partial charge in [0.2, 0.25) is 0 Å². The zero-order chi connectivity index (χ0) is 19.4. The van der Waals surface area contributed by atoms with Gasteiger partial charge in [0.05, 0.1) is 0 Å². The third-order valence-electron chi connectivity index (χ3n) is 4.64. The summed E-state index contributed by atoms with van der Waals surface area (Å²) in [4.78, 5) is 13.4. The standard InChI is InChI=1S/C23H22O3/c1-7-25-19-13-9-17(10-14-19)22(3,4)21(24)23(5,6)18-11-15-20(16-12-18)26-8-2/h1-2,9-16H,3-6H3. The Labute approximate surface area is 155 Å². The van der Waals surface area contributed by atoms with E-state index in [-0.39, 0.29) is 5.78 Å². The smallest absolute Gasteiger partial charge is 0.152 e. The Morgan fingerprint density at radius 1 is 0.731 bits per heavy atom. The van der Waals surface area contributed by atoms with Crippen molar-refractivity contribution in [3.63, 3.8) is 0 Å². The maximum atomic E-state index is 13.4. The van der Waals surface area contributed by atoms with Crippen LogP contribution in [0.4, 0.5) is 0 Å². The van der Waals surface area contributed by atoms with Crippen LogP contribution in [0.1, 0.15) is 38.8 Å². The summed E-state index contributed by atoms with van der Waals surface area (Å²) >= 11 is 0. The van der Waals surface area contributed by atoms with Crippen molar-refractivity contribution in [1.29, 1.82) is 0 Å². The predicted molar refractivity (Wildman–Crippen MR) is 103 cm³/mol. The molecule has 0 aliphatic carbocycles. The molecule has 0 unspecified atom stereocenters. The van der Waals surface area contributed by atoms with E-state index in [1.165, 1.54) is 0 Å².